The van der Waals surface area contributed by atoms with Crippen LogP contribution in [0.15, 0.2) is 35.9 Å². The number of hydrogen-bond acceptors (Lipinski definition) is 3. The third-order valence-electron chi connectivity index (χ3n) is 3.78. The first-order chi connectivity index (χ1) is 11.2. The van der Waals surface area contributed by atoms with Gasteiger partial charge in [-0.1, -0.05) is 18.2 Å². The van der Waals surface area contributed by atoms with Crippen LogP contribution in [-0.2, 0) is 0 Å². The first kappa shape index (κ1) is 17.8. The number of non-ortho nitro benzene ring substituents is 1. The van der Waals surface area contributed by atoms with Crippen LogP contribution in [0.3, 0.4) is 0 Å². The number of halogens is 3. The molecule has 2 rings (SSSR count). The second-order valence-corrected chi connectivity index (χ2v) is 5.45. The molecule has 0 radical (unpaired) electrons. The lowest BCUT2D eigenvalue weighted by Crippen LogP contribution is -2.43. The molecule has 1 heterocycles. The fourth-order valence-electron chi connectivity index (χ4n) is 2.38. The molecular formula is C15H16F3N3O3. The molecule has 2 amide bonds. The molecule has 6 nitrogen and oxygen atoms in total. The Hall–Kier alpha value is -2.58. The predicted octanol–water partition coefficient (Wildman–Crippen LogP) is 3.56. The average Bonchev–Trinajstić information content (AvgIpc) is 2.54. The van der Waals surface area contributed by atoms with Crippen molar-refractivity contribution in [1.29, 1.82) is 0 Å². The maximum absolute atomic E-state index is 12.6. The van der Waals surface area contributed by atoms with E-state index < -0.39 is 28.7 Å². The number of carbonyl (C=O) groups excluding carboxylic acids is 1. The molecular weight excluding hydrogens is 327 g/mol. The van der Waals surface area contributed by atoms with Gasteiger partial charge in [0, 0.05) is 30.8 Å². The fourth-order valence-corrected chi connectivity index (χ4v) is 2.38. The summed E-state index contributed by atoms with van der Waals surface area (Å²) in [4.78, 5) is 23.6. The number of nitro groups is 1. The van der Waals surface area contributed by atoms with Gasteiger partial charge in [-0.2, -0.15) is 13.2 Å². The zero-order valence-electron chi connectivity index (χ0n) is 12.8. The molecule has 24 heavy (non-hydrogen) atoms. The van der Waals surface area contributed by atoms with Crippen molar-refractivity contribution in [3.63, 3.8) is 0 Å². The van der Waals surface area contributed by atoms with Crippen molar-refractivity contribution >= 4 is 11.7 Å². The molecule has 0 saturated heterocycles. The number of carbonyl (C=O) groups is 1. The van der Waals surface area contributed by atoms with Crippen molar-refractivity contribution in [2.45, 2.75) is 25.6 Å². The molecule has 0 unspecified atom stereocenters. The first-order valence-corrected chi connectivity index (χ1v) is 7.24. The van der Waals surface area contributed by atoms with E-state index in [2.05, 4.69) is 5.32 Å². The predicted molar refractivity (Wildman–Crippen MR) is 80.4 cm³/mol. The van der Waals surface area contributed by atoms with E-state index in [9.17, 15) is 28.1 Å². The molecule has 1 aliphatic heterocycles. The van der Waals surface area contributed by atoms with Crippen LogP contribution in [0, 0.1) is 10.1 Å². The number of nitro benzene ring substituents is 1. The van der Waals surface area contributed by atoms with Gasteiger partial charge < -0.3 is 10.2 Å². The summed E-state index contributed by atoms with van der Waals surface area (Å²) in [7, 11) is 0. The highest BCUT2D eigenvalue weighted by atomic mass is 19.4. The van der Waals surface area contributed by atoms with Gasteiger partial charge in [-0.25, -0.2) is 4.79 Å². The molecule has 0 saturated carbocycles. The Balaban J connectivity index is 1.99. The smallest absolute Gasteiger partial charge is 0.331 e. The topological polar surface area (TPSA) is 75.5 Å². The van der Waals surface area contributed by atoms with Crippen LogP contribution in [0.25, 0.3) is 0 Å². The third kappa shape index (κ3) is 4.24. The lowest BCUT2D eigenvalue weighted by Gasteiger charge is -2.28. The van der Waals surface area contributed by atoms with Gasteiger partial charge in [0.15, 0.2) is 0 Å². The molecule has 1 aromatic carbocycles. The zero-order chi connectivity index (χ0) is 17.9. The number of benzene rings is 1. The quantitative estimate of drug-likeness (QED) is 0.518. The van der Waals surface area contributed by atoms with E-state index in [1.54, 1.807) is 13.0 Å². The number of amides is 2. The Morgan fingerprint density at radius 1 is 1.42 bits per heavy atom. The van der Waals surface area contributed by atoms with Crippen LogP contribution in [0.1, 0.15) is 24.9 Å². The molecule has 1 N–H and O–H groups in total. The fraction of sp³-hybridized carbons (Fsp3) is 0.400. The standard InChI is InChI=1S/C15H16F3N3O3/c1-10(11-3-2-4-13(9-11)21(23)24)19-14(22)20-7-5-12(6-8-20)15(16,17)18/h2-5,9-10H,6-8H2,1H3,(H,19,22)/t10-/m0/s1. The molecule has 1 aliphatic rings. The Bertz CT molecular complexity index is 673. The van der Waals surface area contributed by atoms with Crippen molar-refractivity contribution in [2.24, 2.45) is 0 Å². The van der Waals surface area contributed by atoms with Crippen molar-refractivity contribution in [2.75, 3.05) is 13.1 Å². The highest BCUT2D eigenvalue weighted by Gasteiger charge is 2.35. The minimum Gasteiger partial charge on any atom is -0.331 e. The summed E-state index contributed by atoms with van der Waals surface area (Å²) in [5.41, 5.74) is -0.177. The van der Waals surface area contributed by atoms with E-state index in [-0.39, 0.29) is 25.2 Å². The summed E-state index contributed by atoms with van der Waals surface area (Å²) in [6.07, 6.45) is -3.61. The van der Waals surface area contributed by atoms with E-state index in [4.69, 9.17) is 0 Å². The third-order valence-corrected chi connectivity index (χ3v) is 3.78. The number of urea groups is 1. The molecule has 130 valence electrons. The Kier molecular flexibility index (Phi) is 5.10. The van der Waals surface area contributed by atoms with Crippen LogP contribution in [-0.4, -0.2) is 35.1 Å². The van der Waals surface area contributed by atoms with Gasteiger partial charge in [-0.05, 0) is 18.9 Å². The van der Waals surface area contributed by atoms with Gasteiger partial charge in [0.25, 0.3) is 5.69 Å². The summed E-state index contributed by atoms with van der Waals surface area (Å²) in [5, 5.41) is 13.4. The Labute approximate surface area is 136 Å². The summed E-state index contributed by atoms with van der Waals surface area (Å²) in [6, 6.07) is 4.82. The van der Waals surface area contributed by atoms with E-state index in [0.717, 1.165) is 6.08 Å². The summed E-state index contributed by atoms with van der Waals surface area (Å²) in [6.45, 7) is 1.50. The van der Waals surface area contributed by atoms with Gasteiger partial charge >= 0.3 is 12.2 Å². The van der Waals surface area contributed by atoms with Crippen molar-refractivity contribution in [3.05, 3.63) is 51.6 Å². The Morgan fingerprint density at radius 2 is 2.12 bits per heavy atom. The molecule has 0 aliphatic carbocycles. The molecule has 0 spiro atoms. The lowest BCUT2D eigenvalue weighted by molar-refractivity contribution is -0.384. The van der Waals surface area contributed by atoms with Gasteiger partial charge in [0.05, 0.1) is 11.0 Å². The summed E-state index contributed by atoms with van der Waals surface area (Å²) >= 11 is 0. The normalized spacial score (nSPS) is 16.3. The number of rotatable bonds is 3. The monoisotopic (exact) mass is 343 g/mol. The molecule has 1 atom stereocenters. The van der Waals surface area contributed by atoms with Crippen LogP contribution < -0.4 is 5.32 Å². The van der Waals surface area contributed by atoms with Crippen molar-refractivity contribution < 1.29 is 22.9 Å². The Morgan fingerprint density at radius 3 is 2.67 bits per heavy atom. The maximum atomic E-state index is 12.6. The van der Waals surface area contributed by atoms with Gasteiger partial charge in [-0.15, -0.1) is 0 Å². The van der Waals surface area contributed by atoms with Crippen molar-refractivity contribution in [3.8, 4) is 0 Å². The van der Waals surface area contributed by atoms with Crippen LogP contribution in [0.4, 0.5) is 23.7 Å². The lowest BCUT2D eigenvalue weighted by atomic mass is 10.1. The molecule has 0 aromatic heterocycles. The highest BCUT2D eigenvalue weighted by Crippen LogP contribution is 2.30. The molecule has 0 bridgehead atoms. The van der Waals surface area contributed by atoms with Gasteiger partial charge in [-0.3, -0.25) is 10.1 Å². The number of nitrogens with zero attached hydrogens (tertiary/aromatic N) is 2. The van der Waals surface area contributed by atoms with E-state index in [1.807, 2.05) is 0 Å². The minimum atomic E-state index is -4.36. The second kappa shape index (κ2) is 6.90. The van der Waals surface area contributed by atoms with Crippen LogP contribution >= 0.6 is 0 Å². The van der Waals surface area contributed by atoms with E-state index in [0.29, 0.717) is 5.56 Å². The largest absolute Gasteiger partial charge is 0.412 e. The second-order valence-electron chi connectivity index (χ2n) is 5.45. The highest BCUT2D eigenvalue weighted by molar-refractivity contribution is 5.75. The van der Waals surface area contributed by atoms with E-state index in [1.165, 1.54) is 23.1 Å². The minimum absolute atomic E-state index is 0.0289. The first-order valence-electron chi connectivity index (χ1n) is 7.24. The van der Waals surface area contributed by atoms with E-state index >= 15 is 0 Å². The summed E-state index contributed by atoms with van der Waals surface area (Å²) in [5.74, 6) is 0. The number of alkyl halides is 3. The van der Waals surface area contributed by atoms with Crippen molar-refractivity contribution in [1.82, 2.24) is 10.2 Å². The molecule has 1 aromatic rings. The van der Waals surface area contributed by atoms with Crippen LogP contribution in [0.2, 0.25) is 0 Å². The maximum Gasteiger partial charge on any atom is 0.412 e. The summed E-state index contributed by atoms with van der Waals surface area (Å²) < 4.78 is 37.7. The SMILES string of the molecule is C[C@H](NC(=O)N1CC=C(C(F)(F)F)CC1)c1cccc([N+](=O)[O-])c1. The molecule has 9 heteroatoms. The number of hydrogen-bond donors (Lipinski definition) is 1. The number of nitrogens with one attached hydrogen (secondary N) is 1. The van der Waals surface area contributed by atoms with Crippen LogP contribution in [0.5, 0.6) is 0 Å². The zero-order valence-corrected chi connectivity index (χ0v) is 12.8. The molecule has 0 fully saturated rings. The van der Waals surface area contributed by atoms with Gasteiger partial charge in [0.1, 0.15) is 0 Å². The average molecular weight is 343 g/mol. The van der Waals surface area contributed by atoms with Gasteiger partial charge in [0.2, 0.25) is 0 Å².